The third-order valence-electron chi connectivity index (χ3n) is 7.72. The molecule has 0 unspecified atom stereocenters. The molecule has 0 saturated carbocycles. The maximum absolute atomic E-state index is 10.9. The van der Waals surface area contributed by atoms with Gasteiger partial charge in [-0.3, -0.25) is 0 Å². The standard InChI is InChI=1S/2C19H30O3.Ca/c2*1-2-3-4-5-6-7-8-9-10-13-16-22-18-15-12-11-14-17(18)19(20)21;/h2*11-12,14-15H,2-10,13,16H2,1H3,(H,20,21);/q;;+2/p-2. The topological polar surface area (TPSA) is 98.7 Å². The second-order valence-electron chi connectivity index (χ2n) is 11.6. The molecule has 0 bridgehead atoms. The Morgan fingerprint density at radius 3 is 1.02 bits per heavy atom. The van der Waals surface area contributed by atoms with Crippen LogP contribution in [0.5, 0.6) is 11.5 Å². The van der Waals surface area contributed by atoms with Crippen LogP contribution in [0, 0.1) is 0 Å². The number of carboxylic acid groups (broad SMARTS) is 2. The molecule has 248 valence electrons. The van der Waals surface area contributed by atoms with E-state index in [1.54, 1.807) is 36.4 Å². The Balaban J connectivity index is 0.000000842. The quantitative estimate of drug-likeness (QED) is 0.0750. The largest absolute Gasteiger partial charge is 2.00 e. The molecule has 0 aliphatic rings. The monoisotopic (exact) mass is 650 g/mol. The number of hydrogen-bond donors (Lipinski definition) is 0. The van der Waals surface area contributed by atoms with Crippen molar-refractivity contribution in [2.24, 2.45) is 0 Å². The van der Waals surface area contributed by atoms with Gasteiger partial charge >= 0.3 is 37.7 Å². The Labute approximate surface area is 303 Å². The van der Waals surface area contributed by atoms with Crippen molar-refractivity contribution in [1.82, 2.24) is 0 Å². The number of hydrogen-bond acceptors (Lipinski definition) is 6. The van der Waals surface area contributed by atoms with Crippen molar-refractivity contribution < 1.29 is 29.3 Å². The zero-order valence-corrected chi connectivity index (χ0v) is 30.5. The molecule has 2 aromatic carbocycles. The first kappa shape index (κ1) is 43.2. The average Bonchev–Trinajstić information content (AvgIpc) is 3.03. The molecule has 0 atom stereocenters. The van der Waals surface area contributed by atoms with Crippen molar-refractivity contribution in [3.8, 4) is 11.5 Å². The molecule has 0 aliphatic heterocycles. The van der Waals surface area contributed by atoms with Crippen LogP contribution in [0.2, 0.25) is 0 Å². The summed E-state index contributed by atoms with van der Waals surface area (Å²) in [4.78, 5) is 21.9. The second kappa shape index (κ2) is 30.9. The number of benzene rings is 2. The minimum atomic E-state index is -1.18. The molecule has 0 spiro atoms. The minimum Gasteiger partial charge on any atom is -0.545 e. The van der Waals surface area contributed by atoms with Crippen LogP contribution in [0.15, 0.2) is 48.5 Å². The van der Waals surface area contributed by atoms with Crippen molar-refractivity contribution >= 4 is 49.7 Å². The summed E-state index contributed by atoms with van der Waals surface area (Å²) in [6.45, 7) is 5.63. The summed E-state index contributed by atoms with van der Waals surface area (Å²) in [5.41, 5.74) is 0.268. The maximum atomic E-state index is 10.9. The molecule has 7 heteroatoms. The first-order chi connectivity index (χ1) is 21.5. The summed E-state index contributed by atoms with van der Waals surface area (Å²) >= 11 is 0. The predicted octanol–water partition coefficient (Wildman–Crippen LogP) is 8.32. The van der Waals surface area contributed by atoms with Gasteiger partial charge in [0.2, 0.25) is 0 Å². The second-order valence-corrected chi connectivity index (χ2v) is 11.6. The van der Waals surface area contributed by atoms with Gasteiger partial charge in [0.15, 0.2) is 0 Å². The molecule has 0 aliphatic carbocycles. The van der Waals surface area contributed by atoms with Gasteiger partial charge in [-0.15, -0.1) is 0 Å². The number of carboxylic acids is 2. The third-order valence-corrected chi connectivity index (χ3v) is 7.72. The summed E-state index contributed by atoms with van der Waals surface area (Å²) in [6, 6.07) is 13.3. The summed E-state index contributed by atoms with van der Waals surface area (Å²) in [5.74, 6) is -1.53. The van der Waals surface area contributed by atoms with E-state index in [2.05, 4.69) is 13.8 Å². The summed E-state index contributed by atoms with van der Waals surface area (Å²) in [5, 5.41) is 21.9. The van der Waals surface area contributed by atoms with Crippen LogP contribution < -0.4 is 19.7 Å². The van der Waals surface area contributed by atoms with Gasteiger partial charge in [-0.05, 0) is 37.1 Å². The number of aromatic carboxylic acids is 2. The maximum Gasteiger partial charge on any atom is 2.00 e. The van der Waals surface area contributed by atoms with E-state index in [1.165, 1.54) is 115 Å². The first-order valence-corrected chi connectivity index (χ1v) is 17.4. The zero-order chi connectivity index (χ0) is 32.1. The Bertz CT molecular complexity index is 916. The predicted molar refractivity (Wildman–Crippen MR) is 182 cm³/mol. The summed E-state index contributed by atoms with van der Waals surface area (Å²) < 4.78 is 11.1. The number of carbonyl (C=O) groups is 2. The van der Waals surface area contributed by atoms with Crippen molar-refractivity contribution in [1.29, 1.82) is 0 Å². The van der Waals surface area contributed by atoms with E-state index in [0.717, 1.165) is 25.7 Å². The van der Waals surface area contributed by atoms with Crippen molar-refractivity contribution in [2.75, 3.05) is 13.2 Å². The van der Waals surface area contributed by atoms with Crippen molar-refractivity contribution in [3.63, 3.8) is 0 Å². The van der Waals surface area contributed by atoms with E-state index >= 15 is 0 Å². The molecular weight excluding hydrogens is 592 g/mol. The van der Waals surface area contributed by atoms with Gasteiger partial charge in [0.25, 0.3) is 0 Å². The smallest absolute Gasteiger partial charge is 0.545 e. The number of unbranched alkanes of at least 4 members (excludes halogenated alkanes) is 18. The van der Waals surface area contributed by atoms with Gasteiger partial charge in [0, 0.05) is 11.1 Å². The zero-order valence-electron chi connectivity index (χ0n) is 28.3. The fourth-order valence-electron chi connectivity index (χ4n) is 5.07. The molecule has 2 rings (SSSR count). The third kappa shape index (κ3) is 23.2. The number of carbonyl (C=O) groups excluding carboxylic acids is 2. The van der Waals surface area contributed by atoms with E-state index < -0.39 is 11.9 Å². The van der Waals surface area contributed by atoms with E-state index in [1.807, 2.05) is 0 Å². The molecule has 0 saturated heterocycles. The van der Waals surface area contributed by atoms with Gasteiger partial charge < -0.3 is 29.3 Å². The van der Waals surface area contributed by atoms with Crippen LogP contribution >= 0.6 is 0 Å². The molecule has 0 fully saturated rings. The van der Waals surface area contributed by atoms with Gasteiger partial charge in [0.1, 0.15) is 11.5 Å². The van der Waals surface area contributed by atoms with E-state index in [9.17, 15) is 19.8 Å². The Kier molecular flexibility index (Phi) is 29.7. The van der Waals surface area contributed by atoms with Gasteiger partial charge in [-0.1, -0.05) is 154 Å². The number of para-hydroxylation sites is 2. The van der Waals surface area contributed by atoms with E-state index in [-0.39, 0.29) is 48.9 Å². The number of ether oxygens (including phenoxy) is 2. The van der Waals surface area contributed by atoms with Gasteiger partial charge in [-0.2, -0.15) is 0 Å². The summed E-state index contributed by atoms with van der Waals surface area (Å²) in [6.07, 6.45) is 25.5. The molecule has 6 nitrogen and oxygen atoms in total. The van der Waals surface area contributed by atoms with Crippen LogP contribution in [-0.4, -0.2) is 62.9 Å². The molecule has 0 amide bonds. The minimum absolute atomic E-state index is 0. The molecule has 45 heavy (non-hydrogen) atoms. The molecule has 0 heterocycles. The Morgan fingerprint density at radius 2 is 0.733 bits per heavy atom. The molecular formula is C38H58CaO6. The van der Waals surface area contributed by atoms with Gasteiger partial charge in [-0.25, -0.2) is 0 Å². The fraction of sp³-hybridized carbons (Fsp3) is 0.632. The van der Waals surface area contributed by atoms with Crippen LogP contribution in [0.25, 0.3) is 0 Å². The average molecular weight is 651 g/mol. The Hall–Kier alpha value is -1.76. The van der Waals surface area contributed by atoms with Crippen molar-refractivity contribution in [2.45, 2.75) is 142 Å². The van der Waals surface area contributed by atoms with Crippen LogP contribution in [0.3, 0.4) is 0 Å². The first-order valence-electron chi connectivity index (χ1n) is 17.4. The van der Waals surface area contributed by atoms with Crippen LogP contribution in [-0.2, 0) is 0 Å². The SMILES string of the molecule is CCCCCCCCCCCCOc1ccccc1C(=O)[O-].CCCCCCCCCCCCOc1ccccc1C(=O)[O-].[Ca+2]. The molecule has 0 radical (unpaired) electrons. The van der Waals surface area contributed by atoms with Crippen LogP contribution in [0.1, 0.15) is 163 Å². The molecule has 0 aromatic heterocycles. The number of rotatable bonds is 26. The normalized spacial score (nSPS) is 10.4. The van der Waals surface area contributed by atoms with Crippen molar-refractivity contribution in [3.05, 3.63) is 59.7 Å². The molecule has 2 aromatic rings. The van der Waals surface area contributed by atoms with Gasteiger partial charge in [0.05, 0.1) is 25.2 Å². The summed E-state index contributed by atoms with van der Waals surface area (Å²) in [7, 11) is 0. The Morgan fingerprint density at radius 1 is 0.467 bits per heavy atom. The fourth-order valence-corrected chi connectivity index (χ4v) is 5.07. The van der Waals surface area contributed by atoms with E-state index in [0.29, 0.717) is 24.7 Å². The van der Waals surface area contributed by atoms with Crippen LogP contribution in [0.4, 0.5) is 0 Å². The molecule has 0 N–H and O–H groups in total. The van der Waals surface area contributed by atoms with E-state index in [4.69, 9.17) is 9.47 Å².